The lowest BCUT2D eigenvalue weighted by atomic mass is 10.1. The fraction of sp³-hybridized carbons (Fsp3) is 0.222. The van der Waals surface area contributed by atoms with E-state index in [1.54, 1.807) is 0 Å². The molecule has 0 fully saturated rings. The zero-order valence-corrected chi connectivity index (χ0v) is 8.63. The molecule has 0 spiro atoms. The Bertz CT molecular complexity index is 474. The first-order chi connectivity index (χ1) is 6.32. The van der Waals surface area contributed by atoms with Gasteiger partial charge in [0.25, 0.3) is 0 Å². The third-order valence-electron chi connectivity index (χ3n) is 1.78. The molecule has 0 heterocycles. The first kappa shape index (κ1) is 10.7. The predicted molar refractivity (Wildman–Crippen MR) is 51.2 cm³/mol. The summed E-state index contributed by atoms with van der Waals surface area (Å²) in [6.07, 6.45) is 1.04. The number of carbonyl (C=O) groups excluding carboxylic acids is 1. The van der Waals surface area contributed by atoms with Crippen molar-refractivity contribution in [2.75, 3.05) is 6.26 Å². The number of rotatable bonds is 2. The average Bonchev–Trinajstić information content (AvgIpc) is 2.02. The van der Waals surface area contributed by atoms with Gasteiger partial charge in [-0.2, -0.15) is 0 Å². The second-order valence-electron chi connectivity index (χ2n) is 3.01. The van der Waals surface area contributed by atoms with Gasteiger partial charge in [-0.3, -0.25) is 4.79 Å². The van der Waals surface area contributed by atoms with Crippen molar-refractivity contribution in [2.24, 2.45) is 0 Å². The van der Waals surface area contributed by atoms with Crippen LogP contribution in [0, 0.1) is 0 Å². The van der Waals surface area contributed by atoms with Gasteiger partial charge >= 0.3 is 0 Å². The van der Waals surface area contributed by atoms with Crippen molar-refractivity contribution in [2.45, 2.75) is 11.8 Å². The second-order valence-corrected chi connectivity index (χ2v) is 5.02. The molecule has 0 radical (unpaired) electrons. The van der Waals surface area contributed by atoms with Crippen LogP contribution in [0.15, 0.2) is 23.1 Å². The van der Waals surface area contributed by atoms with Crippen LogP contribution in [0.1, 0.15) is 17.3 Å². The number of phenols is 1. The number of aromatic hydroxyl groups is 1. The number of hydrogen-bond acceptors (Lipinski definition) is 4. The molecule has 4 nitrogen and oxygen atoms in total. The number of sulfone groups is 1. The van der Waals surface area contributed by atoms with Crippen LogP contribution in [0.25, 0.3) is 0 Å². The lowest BCUT2D eigenvalue weighted by molar-refractivity contribution is 0.101. The fourth-order valence-corrected chi connectivity index (χ4v) is 1.67. The quantitative estimate of drug-likeness (QED) is 0.745. The Hall–Kier alpha value is -1.36. The number of Topliss-reactive ketones (excluding diaryl/α,β-unsaturated/α-hetero) is 1. The van der Waals surface area contributed by atoms with Crippen molar-refractivity contribution >= 4 is 15.6 Å². The van der Waals surface area contributed by atoms with Gasteiger partial charge in [0.2, 0.25) is 0 Å². The molecule has 14 heavy (non-hydrogen) atoms. The highest BCUT2D eigenvalue weighted by atomic mass is 32.2. The molecule has 0 aliphatic heterocycles. The van der Waals surface area contributed by atoms with Gasteiger partial charge in [-0.1, -0.05) is 0 Å². The zero-order chi connectivity index (χ0) is 10.9. The largest absolute Gasteiger partial charge is 0.507 e. The van der Waals surface area contributed by atoms with Crippen LogP contribution in [0.3, 0.4) is 0 Å². The monoisotopic (exact) mass is 214 g/mol. The van der Waals surface area contributed by atoms with Crippen LogP contribution in [0.5, 0.6) is 5.75 Å². The standard InChI is InChI=1S/C9H10O4S/c1-6(10)8-5-7(14(2,12)13)3-4-9(8)11/h3-5,11H,1-2H3. The Labute approximate surface area is 82.1 Å². The van der Waals surface area contributed by atoms with E-state index in [1.165, 1.54) is 25.1 Å². The van der Waals surface area contributed by atoms with E-state index in [0.717, 1.165) is 6.26 Å². The second kappa shape index (κ2) is 3.42. The maximum atomic E-state index is 11.1. The molecule has 1 N–H and O–H groups in total. The van der Waals surface area contributed by atoms with Crippen molar-refractivity contribution < 1.29 is 18.3 Å². The normalized spacial score (nSPS) is 11.3. The summed E-state index contributed by atoms with van der Waals surface area (Å²) in [4.78, 5) is 11.0. The number of hydrogen-bond donors (Lipinski definition) is 1. The first-order valence-electron chi connectivity index (χ1n) is 3.86. The predicted octanol–water partition coefficient (Wildman–Crippen LogP) is 0.998. The highest BCUT2D eigenvalue weighted by Gasteiger charge is 2.12. The summed E-state index contributed by atoms with van der Waals surface area (Å²) < 4.78 is 22.3. The lowest BCUT2D eigenvalue weighted by Crippen LogP contribution is -2.00. The molecule has 5 heteroatoms. The van der Waals surface area contributed by atoms with Crippen molar-refractivity contribution in [3.8, 4) is 5.75 Å². The minimum atomic E-state index is -3.34. The molecule has 0 aromatic heterocycles. The van der Waals surface area contributed by atoms with Crippen LogP contribution in [-0.2, 0) is 9.84 Å². The summed E-state index contributed by atoms with van der Waals surface area (Å²) in [6, 6.07) is 3.64. The van der Waals surface area contributed by atoms with Crippen molar-refractivity contribution in [3.63, 3.8) is 0 Å². The van der Waals surface area contributed by atoms with Gasteiger partial charge in [0.1, 0.15) is 5.75 Å². The molecule has 76 valence electrons. The van der Waals surface area contributed by atoms with Crippen molar-refractivity contribution in [1.82, 2.24) is 0 Å². The third kappa shape index (κ3) is 2.11. The highest BCUT2D eigenvalue weighted by Crippen LogP contribution is 2.21. The van der Waals surface area contributed by atoms with E-state index >= 15 is 0 Å². The molecule has 0 atom stereocenters. The van der Waals surface area contributed by atoms with Gasteiger partial charge in [0.05, 0.1) is 10.5 Å². The summed E-state index contributed by atoms with van der Waals surface area (Å²) >= 11 is 0. The Morgan fingerprint density at radius 2 is 1.93 bits per heavy atom. The van der Waals surface area contributed by atoms with E-state index in [-0.39, 0.29) is 22.0 Å². The van der Waals surface area contributed by atoms with Gasteiger partial charge in [-0.05, 0) is 25.1 Å². The molecule has 1 aromatic rings. The Kier molecular flexibility index (Phi) is 2.62. The van der Waals surface area contributed by atoms with E-state index < -0.39 is 9.84 Å². The molecule has 1 rings (SSSR count). The van der Waals surface area contributed by atoms with Crippen LogP contribution in [0.4, 0.5) is 0 Å². The molecule has 0 saturated carbocycles. The third-order valence-corrected chi connectivity index (χ3v) is 2.89. The molecule has 0 bridgehead atoms. The first-order valence-corrected chi connectivity index (χ1v) is 5.75. The maximum absolute atomic E-state index is 11.1. The molecule has 1 aromatic carbocycles. The van der Waals surface area contributed by atoms with Crippen molar-refractivity contribution in [3.05, 3.63) is 23.8 Å². The summed E-state index contributed by atoms with van der Waals surface area (Å²) in [5.41, 5.74) is 0.0212. The number of phenolic OH excluding ortho intramolecular Hbond substituents is 1. The molecular formula is C9H10O4S. The zero-order valence-electron chi connectivity index (χ0n) is 7.81. The topological polar surface area (TPSA) is 71.4 Å². The van der Waals surface area contributed by atoms with Crippen LogP contribution >= 0.6 is 0 Å². The van der Waals surface area contributed by atoms with Gasteiger partial charge < -0.3 is 5.11 Å². The molecule has 0 saturated heterocycles. The van der Waals surface area contributed by atoms with Gasteiger partial charge in [0.15, 0.2) is 15.6 Å². The van der Waals surface area contributed by atoms with Crippen molar-refractivity contribution in [1.29, 1.82) is 0 Å². The van der Waals surface area contributed by atoms with Crippen LogP contribution < -0.4 is 0 Å². The van der Waals surface area contributed by atoms with E-state index in [9.17, 15) is 18.3 Å². The summed E-state index contributed by atoms with van der Waals surface area (Å²) in [5.74, 6) is -0.571. The van der Waals surface area contributed by atoms with E-state index in [0.29, 0.717) is 0 Å². The molecule has 0 aliphatic carbocycles. The smallest absolute Gasteiger partial charge is 0.175 e. The molecular weight excluding hydrogens is 204 g/mol. The Morgan fingerprint density at radius 1 is 1.36 bits per heavy atom. The van der Waals surface area contributed by atoms with E-state index in [1.807, 2.05) is 0 Å². The molecule has 0 aliphatic rings. The minimum Gasteiger partial charge on any atom is -0.507 e. The average molecular weight is 214 g/mol. The summed E-state index contributed by atoms with van der Waals surface area (Å²) in [6.45, 7) is 1.26. The van der Waals surface area contributed by atoms with E-state index in [4.69, 9.17) is 0 Å². The summed E-state index contributed by atoms with van der Waals surface area (Å²) in [5, 5.41) is 9.26. The SMILES string of the molecule is CC(=O)c1cc(S(C)(=O)=O)ccc1O. The highest BCUT2D eigenvalue weighted by molar-refractivity contribution is 7.90. The van der Waals surface area contributed by atoms with Gasteiger partial charge in [0, 0.05) is 6.26 Å². The number of ketones is 1. The number of carbonyl (C=O) groups is 1. The van der Waals surface area contributed by atoms with Crippen LogP contribution in [0.2, 0.25) is 0 Å². The van der Waals surface area contributed by atoms with Gasteiger partial charge in [-0.15, -0.1) is 0 Å². The Morgan fingerprint density at radius 3 is 2.36 bits per heavy atom. The molecule has 0 amide bonds. The minimum absolute atomic E-state index is 0.0212. The van der Waals surface area contributed by atoms with Crippen LogP contribution in [-0.4, -0.2) is 25.6 Å². The Balaban J connectivity index is 3.42. The van der Waals surface area contributed by atoms with E-state index in [2.05, 4.69) is 0 Å². The molecule has 0 unspecified atom stereocenters. The fourth-order valence-electron chi connectivity index (χ4n) is 1.03. The summed E-state index contributed by atoms with van der Waals surface area (Å²) in [7, 11) is -3.34. The maximum Gasteiger partial charge on any atom is 0.175 e. The lowest BCUT2D eigenvalue weighted by Gasteiger charge is -2.03. The number of benzene rings is 1. The van der Waals surface area contributed by atoms with Gasteiger partial charge in [-0.25, -0.2) is 8.42 Å².